The lowest BCUT2D eigenvalue weighted by molar-refractivity contribution is -0.131. The van der Waals surface area contributed by atoms with Gasteiger partial charge in [0.25, 0.3) is 0 Å². The zero-order valence-corrected chi connectivity index (χ0v) is 11.4. The predicted molar refractivity (Wildman–Crippen MR) is 74.2 cm³/mol. The number of nitriles is 1. The van der Waals surface area contributed by atoms with Crippen molar-refractivity contribution in [2.45, 2.75) is 45.6 Å². The summed E-state index contributed by atoms with van der Waals surface area (Å²) < 4.78 is 0. The largest absolute Gasteiger partial charge is 0.352 e. The molecule has 3 nitrogen and oxygen atoms in total. The minimum Gasteiger partial charge on any atom is -0.352 e. The molecule has 2 rings (SSSR count). The van der Waals surface area contributed by atoms with E-state index in [0.29, 0.717) is 12.1 Å². The highest BCUT2D eigenvalue weighted by Crippen LogP contribution is 2.41. The monoisotopic (exact) mass is 256 g/mol. The fourth-order valence-corrected chi connectivity index (χ4v) is 2.86. The Kier molecular flexibility index (Phi) is 4.21. The summed E-state index contributed by atoms with van der Waals surface area (Å²) in [7, 11) is 0. The van der Waals surface area contributed by atoms with E-state index < -0.39 is 0 Å². The fourth-order valence-electron chi connectivity index (χ4n) is 2.86. The molecule has 0 spiro atoms. The van der Waals surface area contributed by atoms with Crippen molar-refractivity contribution in [3.8, 4) is 6.07 Å². The van der Waals surface area contributed by atoms with Crippen LogP contribution in [-0.4, -0.2) is 5.91 Å². The molecule has 1 aromatic carbocycles. The Morgan fingerprint density at radius 2 is 1.95 bits per heavy atom. The molecule has 1 fully saturated rings. The van der Waals surface area contributed by atoms with Gasteiger partial charge in [0.2, 0.25) is 5.91 Å². The van der Waals surface area contributed by atoms with Crippen molar-refractivity contribution >= 4 is 5.91 Å². The SMILES string of the molecule is CCC1(C(=O)NCc2ccc(C#N)cc2)CCCC1. The second-order valence-electron chi connectivity index (χ2n) is 5.33. The second kappa shape index (κ2) is 5.88. The Morgan fingerprint density at radius 3 is 2.47 bits per heavy atom. The molecule has 0 bridgehead atoms. The molecule has 1 amide bonds. The molecule has 0 unspecified atom stereocenters. The highest BCUT2D eigenvalue weighted by atomic mass is 16.2. The van der Waals surface area contributed by atoms with Crippen LogP contribution < -0.4 is 5.32 Å². The van der Waals surface area contributed by atoms with Crippen molar-refractivity contribution in [1.82, 2.24) is 5.32 Å². The van der Waals surface area contributed by atoms with E-state index in [1.807, 2.05) is 12.1 Å². The van der Waals surface area contributed by atoms with E-state index in [-0.39, 0.29) is 11.3 Å². The van der Waals surface area contributed by atoms with Crippen LogP contribution in [0.15, 0.2) is 24.3 Å². The number of hydrogen-bond acceptors (Lipinski definition) is 2. The number of carbonyl (C=O) groups excluding carboxylic acids is 1. The van der Waals surface area contributed by atoms with Crippen LogP contribution in [0.25, 0.3) is 0 Å². The standard InChI is InChI=1S/C16H20N2O/c1-2-16(9-3-4-10-16)15(19)18-12-14-7-5-13(11-17)6-8-14/h5-8H,2-4,9-10,12H2,1H3,(H,18,19). The topological polar surface area (TPSA) is 52.9 Å². The van der Waals surface area contributed by atoms with Crippen LogP contribution in [0.5, 0.6) is 0 Å². The van der Waals surface area contributed by atoms with Gasteiger partial charge in [-0.1, -0.05) is 31.9 Å². The summed E-state index contributed by atoms with van der Waals surface area (Å²) in [5, 5.41) is 11.8. The average molecular weight is 256 g/mol. The third kappa shape index (κ3) is 2.96. The summed E-state index contributed by atoms with van der Waals surface area (Å²) in [6, 6.07) is 9.45. The molecule has 0 saturated heterocycles. The Labute approximate surface area is 114 Å². The lowest BCUT2D eigenvalue weighted by atomic mass is 9.82. The molecule has 0 heterocycles. The van der Waals surface area contributed by atoms with Gasteiger partial charge < -0.3 is 5.32 Å². The number of benzene rings is 1. The molecule has 0 radical (unpaired) electrons. The zero-order valence-electron chi connectivity index (χ0n) is 11.4. The van der Waals surface area contributed by atoms with Crippen LogP contribution in [0, 0.1) is 16.7 Å². The minimum atomic E-state index is -0.132. The summed E-state index contributed by atoms with van der Waals surface area (Å²) in [4.78, 5) is 12.3. The third-order valence-electron chi connectivity index (χ3n) is 4.26. The number of nitrogens with zero attached hydrogens (tertiary/aromatic N) is 1. The second-order valence-corrected chi connectivity index (χ2v) is 5.33. The Bertz CT molecular complexity index is 478. The zero-order chi connectivity index (χ0) is 13.7. The Morgan fingerprint density at radius 1 is 1.32 bits per heavy atom. The number of hydrogen-bond donors (Lipinski definition) is 1. The average Bonchev–Trinajstić information content (AvgIpc) is 2.95. The number of rotatable bonds is 4. The number of carbonyl (C=O) groups is 1. The van der Waals surface area contributed by atoms with Gasteiger partial charge in [0.15, 0.2) is 0 Å². The molecule has 0 aliphatic heterocycles. The van der Waals surface area contributed by atoms with Crippen LogP contribution in [-0.2, 0) is 11.3 Å². The maximum atomic E-state index is 12.3. The summed E-state index contributed by atoms with van der Waals surface area (Å²) in [6.07, 6.45) is 5.29. The lowest BCUT2D eigenvalue weighted by Crippen LogP contribution is -2.38. The fraction of sp³-hybridized carbons (Fsp3) is 0.500. The van der Waals surface area contributed by atoms with Gasteiger partial charge in [0.05, 0.1) is 11.6 Å². The lowest BCUT2D eigenvalue weighted by Gasteiger charge is -2.26. The Hall–Kier alpha value is -1.82. The Balaban J connectivity index is 1.94. The van der Waals surface area contributed by atoms with Crippen molar-refractivity contribution in [2.24, 2.45) is 5.41 Å². The summed E-state index contributed by atoms with van der Waals surface area (Å²) in [5.41, 5.74) is 1.56. The maximum Gasteiger partial charge on any atom is 0.226 e. The molecule has 1 aromatic rings. The summed E-state index contributed by atoms with van der Waals surface area (Å²) in [5.74, 6) is 0.192. The third-order valence-corrected chi connectivity index (χ3v) is 4.26. The quantitative estimate of drug-likeness (QED) is 0.899. The van der Waals surface area contributed by atoms with Crippen molar-refractivity contribution in [2.75, 3.05) is 0 Å². The first-order chi connectivity index (χ1) is 9.20. The van der Waals surface area contributed by atoms with Gasteiger partial charge in [0.1, 0.15) is 0 Å². The molecule has 1 saturated carbocycles. The van der Waals surface area contributed by atoms with Crippen LogP contribution in [0.3, 0.4) is 0 Å². The molecular formula is C16H20N2O. The van der Waals surface area contributed by atoms with Crippen LogP contribution in [0.1, 0.15) is 50.2 Å². The van der Waals surface area contributed by atoms with Crippen LogP contribution in [0.2, 0.25) is 0 Å². The van der Waals surface area contributed by atoms with E-state index in [9.17, 15) is 4.79 Å². The molecule has 1 aliphatic carbocycles. The molecular weight excluding hydrogens is 236 g/mol. The van der Waals surface area contributed by atoms with Crippen LogP contribution >= 0.6 is 0 Å². The predicted octanol–water partition coefficient (Wildman–Crippen LogP) is 3.14. The first-order valence-electron chi connectivity index (χ1n) is 6.97. The highest BCUT2D eigenvalue weighted by Gasteiger charge is 2.38. The van der Waals surface area contributed by atoms with Gasteiger partial charge in [-0.2, -0.15) is 5.26 Å². The van der Waals surface area contributed by atoms with E-state index in [1.165, 1.54) is 0 Å². The highest BCUT2D eigenvalue weighted by molar-refractivity contribution is 5.82. The maximum absolute atomic E-state index is 12.3. The van der Waals surface area contributed by atoms with Crippen molar-refractivity contribution in [3.05, 3.63) is 35.4 Å². The number of nitrogens with one attached hydrogen (secondary N) is 1. The summed E-state index contributed by atoms with van der Waals surface area (Å²) in [6.45, 7) is 2.65. The minimum absolute atomic E-state index is 0.132. The molecule has 1 aliphatic rings. The number of amides is 1. The van der Waals surface area contributed by atoms with Gasteiger partial charge in [-0.25, -0.2) is 0 Å². The summed E-state index contributed by atoms with van der Waals surface area (Å²) >= 11 is 0. The van der Waals surface area contributed by atoms with Gasteiger partial charge >= 0.3 is 0 Å². The van der Waals surface area contributed by atoms with Crippen molar-refractivity contribution in [3.63, 3.8) is 0 Å². The van der Waals surface area contributed by atoms with Gasteiger partial charge in [-0.3, -0.25) is 4.79 Å². The molecule has 0 aromatic heterocycles. The van der Waals surface area contributed by atoms with E-state index in [1.54, 1.807) is 12.1 Å². The van der Waals surface area contributed by atoms with Gasteiger partial charge in [-0.15, -0.1) is 0 Å². The van der Waals surface area contributed by atoms with E-state index >= 15 is 0 Å². The first-order valence-corrected chi connectivity index (χ1v) is 6.97. The van der Waals surface area contributed by atoms with Gasteiger partial charge in [-0.05, 0) is 37.0 Å². The van der Waals surface area contributed by atoms with E-state index in [2.05, 4.69) is 18.3 Å². The molecule has 3 heteroatoms. The van der Waals surface area contributed by atoms with E-state index in [0.717, 1.165) is 37.7 Å². The molecule has 19 heavy (non-hydrogen) atoms. The van der Waals surface area contributed by atoms with Crippen molar-refractivity contribution < 1.29 is 4.79 Å². The normalized spacial score (nSPS) is 16.8. The van der Waals surface area contributed by atoms with Gasteiger partial charge in [0, 0.05) is 12.0 Å². The van der Waals surface area contributed by atoms with Crippen LogP contribution in [0.4, 0.5) is 0 Å². The molecule has 100 valence electrons. The molecule has 0 atom stereocenters. The van der Waals surface area contributed by atoms with Crippen molar-refractivity contribution in [1.29, 1.82) is 5.26 Å². The first kappa shape index (κ1) is 13.6. The smallest absolute Gasteiger partial charge is 0.226 e. The van der Waals surface area contributed by atoms with E-state index in [4.69, 9.17) is 5.26 Å². The molecule has 1 N–H and O–H groups in total.